The standard InChI is InChI=1S/C22H30N6O3S2.C17H22N6OS2/c1-14-6-7-15(17(25-14)32-5)16-12-23-18-28(16)26-19(33-18)27-10-8-22(30,9-11-27)13-24-20(29)31-21(2,3)4;1-11-3-4-12(14(20-11)25-2)13-9-19-15-23(13)21-16(26-15)22-7-5-17(24,10-18)6-8-22/h6-7,12,30H,8-11,13H2,1-5H3,(H,24,29);3-4,9,24H,5-8,10,18H2,1-2H3. The van der Waals surface area contributed by atoms with Crippen molar-refractivity contribution in [3.63, 3.8) is 0 Å². The number of nitrogens with zero attached hydrogens (tertiary/aromatic N) is 10. The van der Waals surface area contributed by atoms with Crippen LogP contribution in [0.4, 0.5) is 15.1 Å². The lowest BCUT2D eigenvalue weighted by Crippen LogP contribution is -2.51. The van der Waals surface area contributed by atoms with Gasteiger partial charge in [0.2, 0.25) is 20.2 Å². The van der Waals surface area contributed by atoms with Crippen molar-refractivity contribution in [1.82, 2.24) is 44.5 Å². The molecular weight excluding hydrogens is 829 g/mol. The number of fused-ring (bicyclic) bond motifs is 2. The van der Waals surface area contributed by atoms with Crippen molar-refractivity contribution in [2.45, 2.75) is 87.2 Å². The molecule has 0 aliphatic carbocycles. The average Bonchev–Trinajstić information content (AvgIpc) is 4.00. The van der Waals surface area contributed by atoms with Gasteiger partial charge in [-0.3, -0.25) is 0 Å². The van der Waals surface area contributed by atoms with Gasteiger partial charge >= 0.3 is 6.09 Å². The summed E-state index contributed by atoms with van der Waals surface area (Å²) < 4.78 is 9.03. The van der Waals surface area contributed by atoms with Crippen LogP contribution >= 0.6 is 46.2 Å². The quantitative estimate of drug-likeness (QED) is 0.125. The second-order valence-electron chi connectivity index (χ2n) is 15.9. The molecule has 16 nitrogen and oxygen atoms in total. The number of imidazole rings is 2. The first-order chi connectivity index (χ1) is 28.1. The van der Waals surface area contributed by atoms with Crippen LogP contribution in [0.15, 0.2) is 46.7 Å². The monoisotopic (exact) mass is 880 g/mol. The molecular formula is C39H52N12O4S4. The van der Waals surface area contributed by atoms with Gasteiger partial charge in [0, 0.05) is 61.8 Å². The van der Waals surface area contributed by atoms with E-state index < -0.39 is 22.9 Å². The highest BCUT2D eigenvalue weighted by Crippen LogP contribution is 2.36. The van der Waals surface area contributed by atoms with Gasteiger partial charge in [-0.05, 0) is 97.1 Å². The number of aromatic nitrogens is 8. The Bertz CT molecular complexity index is 2400. The zero-order valence-corrected chi connectivity index (χ0v) is 37.7. The Morgan fingerprint density at radius 1 is 0.797 bits per heavy atom. The fourth-order valence-electron chi connectivity index (χ4n) is 6.92. The van der Waals surface area contributed by atoms with Crippen LogP contribution in [0.3, 0.4) is 0 Å². The molecule has 0 atom stereocenters. The predicted molar refractivity (Wildman–Crippen MR) is 237 cm³/mol. The summed E-state index contributed by atoms with van der Waals surface area (Å²) in [5, 5.41) is 37.3. The molecule has 5 N–H and O–H groups in total. The van der Waals surface area contributed by atoms with Crippen molar-refractivity contribution in [2.24, 2.45) is 5.73 Å². The summed E-state index contributed by atoms with van der Waals surface area (Å²) in [6.07, 6.45) is 9.61. The van der Waals surface area contributed by atoms with E-state index in [0.29, 0.717) is 45.3 Å². The molecule has 8 heterocycles. The number of carbonyl (C=O) groups is 1. The van der Waals surface area contributed by atoms with Crippen molar-refractivity contribution in [3.05, 3.63) is 48.0 Å². The minimum atomic E-state index is -0.962. The third-order valence-corrected chi connectivity index (χ3v) is 13.7. The molecule has 20 heteroatoms. The van der Waals surface area contributed by atoms with E-state index in [9.17, 15) is 15.0 Å². The number of carbonyl (C=O) groups excluding carboxylic acids is 1. The summed E-state index contributed by atoms with van der Waals surface area (Å²) in [6.45, 7) is 12.7. The number of thioether (sulfide) groups is 2. The Morgan fingerprint density at radius 2 is 1.24 bits per heavy atom. The maximum Gasteiger partial charge on any atom is 0.407 e. The average molecular weight is 881 g/mol. The number of nitrogens with one attached hydrogen (secondary N) is 1. The van der Waals surface area contributed by atoms with Crippen molar-refractivity contribution in [3.8, 4) is 22.5 Å². The molecule has 0 saturated carbocycles. The van der Waals surface area contributed by atoms with Gasteiger partial charge in [0.1, 0.15) is 15.7 Å². The van der Waals surface area contributed by atoms with Crippen molar-refractivity contribution in [1.29, 1.82) is 0 Å². The smallest absolute Gasteiger partial charge is 0.407 e. The molecule has 6 aromatic rings. The van der Waals surface area contributed by atoms with E-state index in [0.717, 1.165) is 77.2 Å². The third-order valence-electron chi connectivity index (χ3n) is 10.4. The van der Waals surface area contributed by atoms with Gasteiger partial charge in [-0.25, -0.2) is 33.8 Å². The van der Waals surface area contributed by atoms with Gasteiger partial charge < -0.3 is 35.8 Å². The number of ether oxygens (including phenoxy) is 1. The molecule has 0 aromatic carbocycles. The molecule has 8 rings (SSSR count). The van der Waals surface area contributed by atoms with Gasteiger partial charge in [0.15, 0.2) is 0 Å². The van der Waals surface area contributed by atoms with Crippen LogP contribution in [0.5, 0.6) is 0 Å². The van der Waals surface area contributed by atoms with E-state index in [2.05, 4.69) is 47.2 Å². The molecule has 2 aliphatic heterocycles. The van der Waals surface area contributed by atoms with Gasteiger partial charge in [-0.2, -0.15) is 0 Å². The number of alkyl carbamates (subject to hydrolysis) is 1. The molecule has 0 unspecified atom stereocenters. The van der Waals surface area contributed by atoms with Crippen molar-refractivity contribution < 1.29 is 19.7 Å². The first-order valence-electron chi connectivity index (χ1n) is 19.4. The summed E-state index contributed by atoms with van der Waals surface area (Å²) in [7, 11) is 0. The molecule has 6 aromatic heterocycles. The Hall–Kier alpha value is -4.05. The Labute approximate surface area is 360 Å². The topological polar surface area (TPSA) is 197 Å². The van der Waals surface area contributed by atoms with Crippen LogP contribution in [0.25, 0.3) is 32.4 Å². The fourth-order valence-corrected chi connectivity index (χ4v) is 10.0. The summed E-state index contributed by atoms with van der Waals surface area (Å²) in [4.78, 5) is 36.3. The van der Waals surface area contributed by atoms with E-state index in [1.54, 1.807) is 34.9 Å². The minimum absolute atomic E-state index is 0.166. The highest BCUT2D eigenvalue weighted by Gasteiger charge is 2.35. The lowest BCUT2D eigenvalue weighted by molar-refractivity contribution is 0.00798. The molecule has 2 saturated heterocycles. The van der Waals surface area contributed by atoms with Crippen LogP contribution in [-0.4, -0.2) is 124 Å². The summed E-state index contributed by atoms with van der Waals surface area (Å²) >= 11 is 6.33. The zero-order chi connectivity index (χ0) is 42.1. The largest absolute Gasteiger partial charge is 0.444 e. The van der Waals surface area contributed by atoms with Crippen LogP contribution < -0.4 is 20.9 Å². The number of amides is 1. The van der Waals surface area contributed by atoms with E-state index in [4.69, 9.17) is 20.7 Å². The van der Waals surface area contributed by atoms with E-state index in [1.807, 2.05) is 80.7 Å². The highest BCUT2D eigenvalue weighted by atomic mass is 32.2. The zero-order valence-electron chi connectivity index (χ0n) is 34.4. The van der Waals surface area contributed by atoms with Crippen LogP contribution in [0.2, 0.25) is 0 Å². The first kappa shape index (κ1) is 43.1. The van der Waals surface area contributed by atoms with Crippen molar-refractivity contribution in [2.75, 3.05) is 61.6 Å². The number of hydrogen-bond acceptors (Lipinski definition) is 17. The van der Waals surface area contributed by atoms with Gasteiger partial charge in [0.25, 0.3) is 0 Å². The van der Waals surface area contributed by atoms with Crippen LogP contribution in [-0.2, 0) is 4.74 Å². The molecule has 59 heavy (non-hydrogen) atoms. The molecule has 2 fully saturated rings. The molecule has 0 bridgehead atoms. The van der Waals surface area contributed by atoms with Crippen LogP contribution in [0.1, 0.15) is 57.8 Å². The maximum absolute atomic E-state index is 11.9. The number of hydrogen-bond donors (Lipinski definition) is 4. The maximum atomic E-state index is 11.9. The van der Waals surface area contributed by atoms with Crippen LogP contribution in [0, 0.1) is 13.8 Å². The number of nitrogens with two attached hydrogens (primary N) is 1. The highest BCUT2D eigenvalue weighted by molar-refractivity contribution is 7.98. The Morgan fingerprint density at radius 3 is 1.64 bits per heavy atom. The first-order valence-corrected chi connectivity index (χ1v) is 23.5. The van der Waals surface area contributed by atoms with E-state index >= 15 is 0 Å². The number of anilines is 2. The van der Waals surface area contributed by atoms with Gasteiger partial charge in [0.05, 0.1) is 35.0 Å². The molecule has 2 aliphatic rings. The Balaban J connectivity index is 0.000000184. The van der Waals surface area contributed by atoms with Gasteiger partial charge in [-0.15, -0.1) is 33.7 Å². The normalized spacial score (nSPS) is 16.6. The van der Waals surface area contributed by atoms with Crippen molar-refractivity contribution >= 4 is 72.5 Å². The lowest BCUT2D eigenvalue weighted by Gasteiger charge is -2.38. The lowest BCUT2D eigenvalue weighted by atomic mass is 9.91. The number of rotatable bonds is 9. The van der Waals surface area contributed by atoms with E-state index in [-0.39, 0.29) is 6.54 Å². The second kappa shape index (κ2) is 17.5. The molecule has 1 amide bonds. The number of aryl methyl sites for hydroxylation is 2. The second-order valence-corrected chi connectivity index (χ2v) is 19.4. The number of piperidine rings is 2. The predicted octanol–water partition coefficient (Wildman–Crippen LogP) is 5.91. The molecule has 0 spiro atoms. The number of pyridine rings is 2. The molecule has 0 radical (unpaired) electrons. The minimum Gasteiger partial charge on any atom is -0.444 e. The van der Waals surface area contributed by atoms with E-state index in [1.165, 1.54) is 11.3 Å². The summed E-state index contributed by atoms with van der Waals surface area (Å²) in [5.41, 5.74) is 9.32. The summed E-state index contributed by atoms with van der Waals surface area (Å²) in [5.74, 6) is 0. The Kier molecular flexibility index (Phi) is 12.8. The summed E-state index contributed by atoms with van der Waals surface area (Å²) in [6, 6.07) is 8.16. The fraction of sp³-hybridized carbons (Fsp3) is 0.513. The van der Waals surface area contributed by atoms with Gasteiger partial charge in [-0.1, -0.05) is 22.7 Å². The SMILES string of the molecule is CSc1nc(C)ccc1-c1cnc2sc(N3CCC(O)(CN)CC3)nn12.CSc1nc(C)ccc1-c1cnc2sc(N3CCC(O)(CNC(=O)OC(C)(C)C)CC3)nn12. The third kappa shape index (κ3) is 9.79. The number of aliphatic hydroxyl groups is 2. The molecule has 316 valence electrons.